The number of hydrogen-bond donors (Lipinski definition) is 0. The van der Waals surface area contributed by atoms with Crippen molar-refractivity contribution in [3.8, 4) is 0 Å². The quantitative estimate of drug-likeness (QED) is 0.566. The van der Waals surface area contributed by atoms with Gasteiger partial charge in [-0.25, -0.2) is 9.79 Å². The summed E-state index contributed by atoms with van der Waals surface area (Å²) in [5.41, 5.74) is 3.18. The van der Waals surface area contributed by atoms with E-state index in [4.69, 9.17) is 16.3 Å². The Labute approximate surface area is 146 Å². The molecule has 0 atom stereocenters. The molecule has 0 fully saturated rings. The van der Waals surface area contributed by atoms with E-state index < -0.39 is 5.97 Å². The van der Waals surface area contributed by atoms with E-state index in [2.05, 4.69) is 24.0 Å². The van der Waals surface area contributed by atoms with Crippen molar-refractivity contribution in [1.82, 2.24) is 0 Å². The molecule has 0 amide bonds. The Morgan fingerprint density at radius 3 is 2.67 bits per heavy atom. The van der Waals surface area contributed by atoms with Crippen LogP contribution >= 0.6 is 11.6 Å². The van der Waals surface area contributed by atoms with E-state index in [1.165, 1.54) is 18.4 Å². The second-order valence-electron chi connectivity index (χ2n) is 5.69. The molecule has 0 saturated carbocycles. The van der Waals surface area contributed by atoms with Crippen LogP contribution in [0.4, 0.5) is 0 Å². The third-order valence-corrected chi connectivity index (χ3v) is 4.03. The topological polar surface area (TPSA) is 38.7 Å². The van der Waals surface area contributed by atoms with Crippen molar-refractivity contribution in [2.24, 2.45) is 4.99 Å². The first-order valence-corrected chi connectivity index (χ1v) is 8.41. The second-order valence-corrected chi connectivity index (χ2v) is 6.13. The number of unbranched alkanes of at least 4 members (excludes halogenated alkanes) is 1. The maximum atomic E-state index is 12.0. The standard InChI is InChI=1S/C20H18ClNO2/c1-2-3-5-14-8-10-16(11-9-14)19-22-18(20(23)24-19)13-15-6-4-7-17(21)12-15/h4,6-13H,2-3,5H2,1H3. The van der Waals surface area contributed by atoms with Gasteiger partial charge in [-0.15, -0.1) is 0 Å². The van der Waals surface area contributed by atoms with Gasteiger partial charge in [0.1, 0.15) is 0 Å². The van der Waals surface area contributed by atoms with Gasteiger partial charge in [-0.3, -0.25) is 0 Å². The number of hydrogen-bond acceptors (Lipinski definition) is 3. The molecule has 1 heterocycles. The van der Waals surface area contributed by atoms with Crippen molar-refractivity contribution in [2.75, 3.05) is 0 Å². The van der Waals surface area contributed by atoms with Gasteiger partial charge >= 0.3 is 5.97 Å². The molecule has 1 aliphatic rings. The lowest BCUT2D eigenvalue weighted by Crippen LogP contribution is -2.05. The molecule has 3 nitrogen and oxygen atoms in total. The minimum Gasteiger partial charge on any atom is -0.402 e. The normalized spacial score (nSPS) is 15.5. The van der Waals surface area contributed by atoms with Crippen molar-refractivity contribution < 1.29 is 9.53 Å². The summed E-state index contributed by atoms with van der Waals surface area (Å²) >= 11 is 5.96. The molecule has 3 rings (SSSR count). The molecular formula is C20H18ClNO2. The Morgan fingerprint density at radius 1 is 1.17 bits per heavy atom. The fourth-order valence-electron chi connectivity index (χ4n) is 2.48. The van der Waals surface area contributed by atoms with Crippen LogP contribution in [0.15, 0.2) is 59.2 Å². The van der Waals surface area contributed by atoms with Crippen LogP contribution in [0.3, 0.4) is 0 Å². The number of aliphatic imine (C=N–C) groups is 1. The van der Waals surface area contributed by atoms with Gasteiger partial charge in [0.25, 0.3) is 0 Å². The number of benzene rings is 2. The smallest absolute Gasteiger partial charge is 0.363 e. The molecule has 0 aromatic heterocycles. The van der Waals surface area contributed by atoms with Gasteiger partial charge in [0.2, 0.25) is 5.90 Å². The van der Waals surface area contributed by atoms with Crippen molar-refractivity contribution in [3.63, 3.8) is 0 Å². The zero-order valence-corrected chi connectivity index (χ0v) is 14.2. The second kappa shape index (κ2) is 7.45. The maximum absolute atomic E-state index is 12.0. The summed E-state index contributed by atoms with van der Waals surface area (Å²) < 4.78 is 5.29. The zero-order valence-electron chi connectivity index (χ0n) is 13.5. The minimum atomic E-state index is -0.444. The summed E-state index contributed by atoms with van der Waals surface area (Å²) in [6, 6.07) is 15.2. The SMILES string of the molecule is CCCCc1ccc(C2=NC(=Cc3cccc(Cl)c3)C(=O)O2)cc1. The number of ether oxygens (including phenoxy) is 1. The van der Waals surface area contributed by atoms with Crippen LogP contribution in [0, 0.1) is 0 Å². The molecule has 0 saturated heterocycles. The Balaban J connectivity index is 1.81. The number of rotatable bonds is 5. The van der Waals surface area contributed by atoms with Crippen LogP contribution in [-0.2, 0) is 16.0 Å². The maximum Gasteiger partial charge on any atom is 0.363 e. The van der Waals surface area contributed by atoms with Crippen LogP contribution in [0.1, 0.15) is 36.5 Å². The third kappa shape index (κ3) is 3.92. The molecule has 24 heavy (non-hydrogen) atoms. The van der Waals surface area contributed by atoms with Gasteiger partial charge in [0.15, 0.2) is 5.70 Å². The average Bonchev–Trinajstić information content (AvgIpc) is 2.94. The Hall–Kier alpha value is -2.39. The molecule has 4 heteroatoms. The van der Waals surface area contributed by atoms with Crippen molar-refractivity contribution >= 4 is 29.5 Å². The number of carbonyl (C=O) groups is 1. The van der Waals surface area contributed by atoms with Gasteiger partial charge in [-0.2, -0.15) is 0 Å². The average molecular weight is 340 g/mol. The predicted octanol–water partition coefficient (Wildman–Crippen LogP) is 5.03. The monoisotopic (exact) mass is 339 g/mol. The lowest BCUT2D eigenvalue weighted by Gasteiger charge is -2.02. The minimum absolute atomic E-state index is 0.280. The summed E-state index contributed by atoms with van der Waals surface area (Å²) in [6.07, 6.45) is 5.07. The molecule has 122 valence electrons. The summed E-state index contributed by atoms with van der Waals surface area (Å²) in [6.45, 7) is 2.18. The highest BCUT2D eigenvalue weighted by Crippen LogP contribution is 2.21. The van der Waals surface area contributed by atoms with E-state index in [1.54, 1.807) is 18.2 Å². The summed E-state index contributed by atoms with van der Waals surface area (Å²) in [5.74, 6) is -0.102. The van der Waals surface area contributed by atoms with Crippen molar-refractivity contribution in [3.05, 3.63) is 75.9 Å². The van der Waals surface area contributed by atoms with E-state index in [9.17, 15) is 4.79 Å². The highest BCUT2D eigenvalue weighted by atomic mass is 35.5. The number of nitrogens with zero attached hydrogens (tertiary/aromatic N) is 1. The van der Waals surface area contributed by atoms with Gasteiger partial charge < -0.3 is 4.74 Å². The van der Waals surface area contributed by atoms with Crippen LogP contribution in [-0.4, -0.2) is 11.9 Å². The van der Waals surface area contributed by atoms with E-state index in [0.29, 0.717) is 10.9 Å². The van der Waals surface area contributed by atoms with Gasteiger partial charge in [-0.1, -0.05) is 49.2 Å². The van der Waals surface area contributed by atoms with E-state index in [1.807, 2.05) is 24.3 Å². The summed E-state index contributed by atoms with van der Waals surface area (Å²) in [7, 11) is 0. The van der Waals surface area contributed by atoms with E-state index in [-0.39, 0.29) is 5.70 Å². The van der Waals surface area contributed by atoms with Gasteiger partial charge in [0.05, 0.1) is 0 Å². The fourth-order valence-corrected chi connectivity index (χ4v) is 2.68. The number of esters is 1. The van der Waals surface area contributed by atoms with Crippen LogP contribution in [0.2, 0.25) is 5.02 Å². The fraction of sp³-hybridized carbons (Fsp3) is 0.200. The molecule has 0 N–H and O–H groups in total. The van der Waals surface area contributed by atoms with Crippen LogP contribution < -0.4 is 0 Å². The molecule has 0 radical (unpaired) electrons. The van der Waals surface area contributed by atoms with Gasteiger partial charge in [0, 0.05) is 10.6 Å². The number of carbonyl (C=O) groups excluding carboxylic acids is 1. The number of aryl methyl sites for hydroxylation is 1. The summed E-state index contributed by atoms with van der Waals surface area (Å²) in [5, 5.41) is 0.614. The number of cyclic esters (lactones) is 1. The van der Waals surface area contributed by atoms with E-state index >= 15 is 0 Å². The first kappa shape index (κ1) is 16.5. The predicted molar refractivity (Wildman–Crippen MR) is 97.1 cm³/mol. The summed E-state index contributed by atoms with van der Waals surface area (Å²) in [4.78, 5) is 16.3. The van der Waals surface area contributed by atoms with Gasteiger partial charge in [-0.05, 0) is 54.3 Å². The Bertz CT molecular complexity index is 807. The highest BCUT2D eigenvalue weighted by Gasteiger charge is 2.24. The largest absolute Gasteiger partial charge is 0.402 e. The van der Waals surface area contributed by atoms with Crippen LogP contribution in [0.25, 0.3) is 6.08 Å². The third-order valence-electron chi connectivity index (χ3n) is 3.79. The Morgan fingerprint density at radius 2 is 1.96 bits per heavy atom. The van der Waals surface area contributed by atoms with Crippen LogP contribution in [0.5, 0.6) is 0 Å². The lowest BCUT2D eigenvalue weighted by atomic mass is 10.1. The lowest BCUT2D eigenvalue weighted by molar-refractivity contribution is -0.129. The molecule has 1 aliphatic heterocycles. The molecule has 0 bridgehead atoms. The molecular weight excluding hydrogens is 322 g/mol. The molecule has 2 aromatic rings. The first-order valence-electron chi connectivity index (χ1n) is 8.03. The highest BCUT2D eigenvalue weighted by molar-refractivity contribution is 6.30. The first-order chi connectivity index (χ1) is 11.7. The van der Waals surface area contributed by atoms with Crippen molar-refractivity contribution in [2.45, 2.75) is 26.2 Å². The van der Waals surface area contributed by atoms with E-state index in [0.717, 1.165) is 17.5 Å². The molecule has 2 aromatic carbocycles. The zero-order chi connectivity index (χ0) is 16.9. The number of halogens is 1. The molecule has 0 unspecified atom stereocenters. The van der Waals surface area contributed by atoms with Crippen molar-refractivity contribution in [1.29, 1.82) is 0 Å². The Kier molecular flexibility index (Phi) is 5.11. The molecule has 0 aliphatic carbocycles. The molecule has 0 spiro atoms.